The van der Waals surface area contributed by atoms with Crippen LogP contribution in [0.2, 0.25) is 36.3 Å². The Balaban J connectivity index is 2.01. The first-order valence-corrected chi connectivity index (χ1v) is 16.0. The van der Waals surface area contributed by atoms with Crippen molar-refractivity contribution in [1.29, 1.82) is 0 Å². The molecule has 0 aromatic carbocycles. The van der Waals surface area contributed by atoms with E-state index in [0.29, 0.717) is 24.4 Å². The molecule has 0 unspecified atom stereocenters. The predicted octanol–water partition coefficient (Wildman–Crippen LogP) is 6.11. The first kappa shape index (κ1) is 21.6. The van der Waals surface area contributed by atoms with Gasteiger partial charge in [0.25, 0.3) is 0 Å². The Morgan fingerprint density at radius 3 is 1.28 bits per heavy atom. The third kappa shape index (κ3) is 5.41. The second kappa shape index (κ2) is 7.04. The third-order valence-corrected chi connectivity index (χ3v) is 16.1. The number of epoxide rings is 1. The van der Waals surface area contributed by atoms with Crippen LogP contribution >= 0.6 is 0 Å². The van der Waals surface area contributed by atoms with Crippen LogP contribution in [0.4, 0.5) is 0 Å². The van der Waals surface area contributed by atoms with Crippen LogP contribution in [0.5, 0.6) is 0 Å². The molecule has 148 valence electrons. The fourth-order valence-corrected chi connectivity index (χ4v) is 5.92. The van der Waals surface area contributed by atoms with Crippen LogP contribution in [0.25, 0.3) is 0 Å². The summed E-state index contributed by atoms with van der Waals surface area (Å²) < 4.78 is 19.4. The van der Waals surface area contributed by atoms with E-state index in [1.807, 2.05) is 0 Å². The lowest BCUT2D eigenvalue weighted by Crippen LogP contribution is -2.46. The zero-order valence-electron chi connectivity index (χ0n) is 18.4. The predicted molar refractivity (Wildman–Crippen MR) is 111 cm³/mol. The van der Waals surface area contributed by atoms with Crippen molar-refractivity contribution in [2.45, 2.75) is 128 Å². The first-order chi connectivity index (χ1) is 11.1. The Labute approximate surface area is 158 Å². The number of fused-ring (bicyclic) bond motifs is 1. The normalized spacial score (nSPS) is 31.9. The molecule has 5 heteroatoms. The summed E-state index contributed by atoms with van der Waals surface area (Å²) in [7, 11) is -3.46. The summed E-state index contributed by atoms with van der Waals surface area (Å²) in [6, 6.07) is 0. The van der Waals surface area contributed by atoms with Gasteiger partial charge in [-0.2, -0.15) is 0 Å². The molecule has 3 nitrogen and oxygen atoms in total. The Morgan fingerprint density at radius 1 is 0.680 bits per heavy atom. The molecule has 0 aromatic heterocycles. The Bertz CT molecular complexity index is 421. The number of ether oxygens (including phenoxy) is 1. The van der Waals surface area contributed by atoms with Gasteiger partial charge in [0.1, 0.15) is 0 Å². The fourth-order valence-electron chi connectivity index (χ4n) is 3.12. The van der Waals surface area contributed by atoms with Crippen molar-refractivity contribution in [3.63, 3.8) is 0 Å². The average Bonchev–Trinajstić information content (AvgIpc) is 3.07. The number of hydrogen-bond acceptors (Lipinski definition) is 3. The maximum atomic E-state index is 6.74. The highest BCUT2D eigenvalue weighted by atomic mass is 28.4. The molecule has 0 spiro atoms. The van der Waals surface area contributed by atoms with Crippen LogP contribution < -0.4 is 0 Å². The summed E-state index contributed by atoms with van der Waals surface area (Å²) in [5.41, 5.74) is 0. The first-order valence-electron chi connectivity index (χ1n) is 10.1. The molecule has 0 bridgehead atoms. The summed E-state index contributed by atoms with van der Waals surface area (Å²) >= 11 is 0. The summed E-state index contributed by atoms with van der Waals surface area (Å²) in [6.07, 6.45) is 5.84. The molecule has 4 atom stereocenters. The van der Waals surface area contributed by atoms with Crippen molar-refractivity contribution >= 4 is 16.6 Å². The highest BCUT2D eigenvalue weighted by Crippen LogP contribution is 2.43. The van der Waals surface area contributed by atoms with E-state index in [1.165, 1.54) is 0 Å². The Hall–Kier alpha value is 0.314. The molecule has 2 rings (SSSR count). The number of hydrogen-bond donors (Lipinski definition) is 0. The molecule has 2 fully saturated rings. The maximum absolute atomic E-state index is 6.74. The minimum atomic E-state index is -1.73. The van der Waals surface area contributed by atoms with Gasteiger partial charge in [0, 0.05) is 25.0 Å². The summed E-state index contributed by atoms with van der Waals surface area (Å²) in [6.45, 7) is 23.4. The molecular formula is C20H42O3Si2. The molecule has 1 aliphatic carbocycles. The second-order valence-electron chi connectivity index (χ2n) is 11.3. The van der Waals surface area contributed by atoms with Crippen molar-refractivity contribution in [2.24, 2.45) is 0 Å². The summed E-state index contributed by atoms with van der Waals surface area (Å²) in [4.78, 5) is 0. The van der Waals surface area contributed by atoms with Gasteiger partial charge in [-0.1, -0.05) is 41.5 Å². The van der Waals surface area contributed by atoms with Crippen LogP contribution in [0.1, 0.15) is 67.2 Å². The van der Waals surface area contributed by atoms with Gasteiger partial charge in [-0.05, 0) is 49.1 Å². The van der Waals surface area contributed by atoms with Crippen LogP contribution in [-0.4, -0.2) is 41.1 Å². The Morgan fingerprint density at radius 2 is 1.00 bits per heavy atom. The van der Waals surface area contributed by atoms with Crippen molar-refractivity contribution in [3.05, 3.63) is 0 Å². The minimum absolute atomic E-state index is 0.260. The van der Waals surface area contributed by atoms with Gasteiger partial charge in [0.05, 0.1) is 12.2 Å². The van der Waals surface area contributed by atoms with Gasteiger partial charge in [-0.15, -0.1) is 0 Å². The van der Waals surface area contributed by atoms with Gasteiger partial charge < -0.3 is 13.6 Å². The van der Waals surface area contributed by atoms with Crippen LogP contribution in [0.15, 0.2) is 0 Å². The lowest BCUT2D eigenvalue weighted by atomic mass is 9.97. The smallest absolute Gasteiger partial charge is 0.192 e. The van der Waals surface area contributed by atoms with Crippen LogP contribution in [-0.2, 0) is 13.6 Å². The molecule has 0 amide bonds. The van der Waals surface area contributed by atoms with Crippen LogP contribution in [0.3, 0.4) is 0 Å². The molecule has 1 heterocycles. The van der Waals surface area contributed by atoms with E-state index in [1.54, 1.807) is 0 Å². The SMILES string of the molecule is CC(C)(C)[Si](C)(C)O[C@H]1CC[C@H](O[Si](C)(C)C(C)(C)C)C[C@H]2O[C@H]2C1. The molecule has 0 N–H and O–H groups in total. The second-order valence-corrected chi connectivity index (χ2v) is 20.8. The third-order valence-electron chi connectivity index (χ3n) is 7.02. The van der Waals surface area contributed by atoms with Crippen molar-refractivity contribution in [3.8, 4) is 0 Å². The maximum Gasteiger partial charge on any atom is 0.192 e. The highest BCUT2D eigenvalue weighted by molar-refractivity contribution is 6.74. The summed E-state index contributed by atoms with van der Waals surface area (Å²) in [5.74, 6) is 0. The lowest BCUT2D eigenvalue weighted by molar-refractivity contribution is 0.105. The van der Waals surface area contributed by atoms with E-state index >= 15 is 0 Å². The van der Waals surface area contributed by atoms with Crippen LogP contribution in [0, 0.1) is 0 Å². The zero-order valence-corrected chi connectivity index (χ0v) is 20.4. The monoisotopic (exact) mass is 386 g/mol. The Kier molecular flexibility index (Phi) is 6.09. The van der Waals surface area contributed by atoms with Crippen molar-refractivity contribution in [1.82, 2.24) is 0 Å². The lowest BCUT2D eigenvalue weighted by Gasteiger charge is -2.41. The van der Waals surface area contributed by atoms with E-state index in [2.05, 4.69) is 67.7 Å². The van der Waals surface area contributed by atoms with Gasteiger partial charge >= 0.3 is 0 Å². The van der Waals surface area contributed by atoms with Gasteiger partial charge in [-0.25, -0.2) is 0 Å². The van der Waals surface area contributed by atoms with Gasteiger partial charge in [0.15, 0.2) is 16.6 Å². The quantitative estimate of drug-likeness (QED) is 0.431. The van der Waals surface area contributed by atoms with Gasteiger partial charge in [-0.3, -0.25) is 0 Å². The highest BCUT2D eigenvalue weighted by Gasteiger charge is 2.48. The molecular weight excluding hydrogens is 344 g/mol. The standard InChI is InChI=1S/C20H42O3Si2/c1-19(2,3)24(7,8)22-15-11-12-16(14-18-17(13-15)21-18)23-25(9,10)20(4,5)6/h15-18H,11-14H2,1-10H3/t15-,16-,17-,18+/m0/s1. The molecule has 25 heavy (non-hydrogen) atoms. The zero-order chi connectivity index (χ0) is 19.3. The van der Waals surface area contributed by atoms with E-state index in [4.69, 9.17) is 13.6 Å². The van der Waals surface area contributed by atoms with Crippen molar-refractivity contribution < 1.29 is 13.6 Å². The van der Waals surface area contributed by atoms with Crippen molar-refractivity contribution in [2.75, 3.05) is 0 Å². The molecule has 0 radical (unpaired) electrons. The van der Waals surface area contributed by atoms with E-state index < -0.39 is 16.6 Å². The van der Waals surface area contributed by atoms with E-state index in [9.17, 15) is 0 Å². The van der Waals surface area contributed by atoms with E-state index in [0.717, 1.165) is 25.7 Å². The molecule has 1 aliphatic heterocycles. The van der Waals surface area contributed by atoms with Gasteiger partial charge in [0.2, 0.25) is 0 Å². The number of rotatable bonds is 4. The largest absolute Gasteiger partial charge is 0.414 e. The topological polar surface area (TPSA) is 31.0 Å². The fraction of sp³-hybridized carbons (Fsp3) is 1.00. The molecule has 0 aromatic rings. The average molecular weight is 387 g/mol. The molecule has 1 saturated carbocycles. The minimum Gasteiger partial charge on any atom is -0.414 e. The molecule has 2 aliphatic rings. The summed E-state index contributed by atoms with van der Waals surface area (Å²) in [5, 5.41) is 0.520. The van der Waals surface area contributed by atoms with E-state index in [-0.39, 0.29) is 10.1 Å². The molecule has 1 saturated heterocycles.